The number of ether oxygens (including phenoxy) is 3. The molecule has 0 saturated heterocycles. The molecule has 0 spiro atoms. The molecule has 4 rings (SSSR count). The van der Waals surface area contributed by atoms with Crippen LogP contribution in [0.5, 0.6) is 17.2 Å². The van der Waals surface area contributed by atoms with Crippen LogP contribution >= 0.6 is 0 Å². The lowest BCUT2D eigenvalue weighted by Gasteiger charge is -2.38. The van der Waals surface area contributed by atoms with E-state index in [1.807, 2.05) is 0 Å². The van der Waals surface area contributed by atoms with Crippen LogP contribution in [0.2, 0.25) is 0 Å². The lowest BCUT2D eigenvalue weighted by molar-refractivity contribution is 0.0926. The Morgan fingerprint density at radius 3 is 2.38 bits per heavy atom. The average molecular weight is 461 g/mol. The maximum absolute atomic E-state index is 12.9. The van der Waals surface area contributed by atoms with E-state index < -0.39 is 0 Å². The maximum Gasteiger partial charge on any atom is 0.251 e. The zero-order valence-electron chi connectivity index (χ0n) is 20.3. The number of methoxy groups -OCH3 is 3. The van der Waals surface area contributed by atoms with Gasteiger partial charge in [-0.25, -0.2) is 0 Å². The number of nitrogens with zero attached hydrogens (tertiary/aromatic N) is 1. The van der Waals surface area contributed by atoms with Crippen LogP contribution in [0, 0.1) is 6.92 Å². The van der Waals surface area contributed by atoms with Gasteiger partial charge in [0.05, 0.1) is 27.4 Å². The van der Waals surface area contributed by atoms with Crippen molar-refractivity contribution in [3.05, 3.63) is 88.5 Å². The van der Waals surface area contributed by atoms with Gasteiger partial charge in [-0.3, -0.25) is 9.69 Å². The number of carbonyl (C=O) groups is 1. The molecule has 6 heteroatoms. The number of hydrogen-bond acceptors (Lipinski definition) is 5. The van der Waals surface area contributed by atoms with Gasteiger partial charge in [0.25, 0.3) is 5.91 Å². The Kier molecular flexibility index (Phi) is 7.38. The first-order chi connectivity index (χ1) is 16.5. The fourth-order valence-corrected chi connectivity index (χ4v) is 4.59. The third-order valence-electron chi connectivity index (χ3n) is 6.39. The van der Waals surface area contributed by atoms with Gasteiger partial charge in [0.15, 0.2) is 11.5 Å². The molecular weight excluding hydrogens is 428 g/mol. The van der Waals surface area contributed by atoms with Crippen molar-refractivity contribution in [2.24, 2.45) is 0 Å². The van der Waals surface area contributed by atoms with Crippen LogP contribution in [0.25, 0.3) is 0 Å². The molecule has 1 aliphatic heterocycles. The SMILES string of the molecule is COc1ccc(C(=O)NCC2c3cc(OC)c(OC)cc3CCN2Cc2cccc(C)c2)cc1. The lowest BCUT2D eigenvalue weighted by Crippen LogP contribution is -2.41. The number of carbonyl (C=O) groups excluding carboxylic acids is 1. The Bertz CT molecular complexity index is 1140. The summed E-state index contributed by atoms with van der Waals surface area (Å²) in [7, 11) is 4.92. The van der Waals surface area contributed by atoms with Crippen LogP contribution in [-0.2, 0) is 13.0 Å². The highest BCUT2D eigenvalue weighted by atomic mass is 16.5. The molecule has 1 heterocycles. The Hall–Kier alpha value is -3.51. The number of hydrogen-bond donors (Lipinski definition) is 1. The molecule has 3 aromatic rings. The van der Waals surface area contributed by atoms with E-state index in [2.05, 4.69) is 53.5 Å². The molecule has 1 amide bonds. The normalized spacial score (nSPS) is 15.4. The van der Waals surface area contributed by atoms with E-state index in [-0.39, 0.29) is 11.9 Å². The topological polar surface area (TPSA) is 60.0 Å². The molecule has 0 aromatic heterocycles. The van der Waals surface area contributed by atoms with Crippen LogP contribution in [0.4, 0.5) is 0 Å². The summed E-state index contributed by atoms with van der Waals surface area (Å²) in [5, 5.41) is 3.15. The summed E-state index contributed by atoms with van der Waals surface area (Å²) in [5.74, 6) is 2.05. The number of benzene rings is 3. The van der Waals surface area contributed by atoms with Gasteiger partial charge in [-0.2, -0.15) is 0 Å². The van der Waals surface area contributed by atoms with Crippen molar-refractivity contribution in [2.75, 3.05) is 34.4 Å². The van der Waals surface area contributed by atoms with E-state index in [0.29, 0.717) is 17.9 Å². The molecule has 6 nitrogen and oxygen atoms in total. The summed E-state index contributed by atoms with van der Waals surface area (Å²) in [6.45, 7) is 4.29. The van der Waals surface area contributed by atoms with Crippen molar-refractivity contribution >= 4 is 5.91 Å². The first-order valence-electron chi connectivity index (χ1n) is 11.5. The first-order valence-corrected chi connectivity index (χ1v) is 11.5. The monoisotopic (exact) mass is 460 g/mol. The number of fused-ring (bicyclic) bond motifs is 1. The van der Waals surface area contributed by atoms with Gasteiger partial charge >= 0.3 is 0 Å². The van der Waals surface area contributed by atoms with Crippen LogP contribution < -0.4 is 19.5 Å². The fourth-order valence-electron chi connectivity index (χ4n) is 4.59. The molecule has 0 fully saturated rings. The largest absolute Gasteiger partial charge is 0.497 e. The van der Waals surface area contributed by atoms with Crippen molar-refractivity contribution in [1.29, 1.82) is 0 Å². The van der Waals surface area contributed by atoms with E-state index in [1.165, 1.54) is 16.7 Å². The summed E-state index contributed by atoms with van der Waals surface area (Å²) < 4.78 is 16.3. The number of amides is 1. The van der Waals surface area contributed by atoms with Crippen LogP contribution in [0.15, 0.2) is 60.7 Å². The van der Waals surface area contributed by atoms with E-state index in [4.69, 9.17) is 14.2 Å². The van der Waals surface area contributed by atoms with E-state index in [0.717, 1.165) is 36.6 Å². The molecular formula is C28H32N2O4. The average Bonchev–Trinajstić information content (AvgIpc) is 2.87. The molecule has 0 aliphatic carbocycles. The Labute approximate surface area is 201 Å². The quantitative estimate of drug-likeness (QED) is 0.534. The minimum absolute atomic E-state index is 0.00580. The molecule has 1 aliphatic rings. The highest BCUT2D eigenvalue weighted by molar-refractivity contribution is 5.94. The predicted octanol–water partition coefficient (Wildman–Crippen LogP) is 4.55. The lowest BCUT2D eigenvalue weighted by atomic mass is 9.91. The third-order valence-corrected chi connectivity index (χ3v) is 6.39. The summed E-state index contributed by atoms with van der Waals surface area (Å²) >= 11 is 0. The van der Waals surface area contributed by atoms with Crippen molar-refractivity contribution in [3.63, 3.8) is 0 Å². The van der Waals surface area contributed by atoms with Gasteiger partial charge in [0.1, 0.15) is 5.75 Å². The first kappa shape index (κ1) is 23.6. The van der Waals surface area contributed by atoms with Gasteiger partial charge in [0, 0.05) is 25.2 Å². The standard InChI is InChI=1S/C28H32N2O4/c1-19-6-5-7-20(14-19)18-30-13-12-22-15-26(33-3)27(34-4)16-24(22)25(30)17-29-28(31)21-8-10-23(32-2)11-9-21/h5-11,14-16,25H,12-13,17-18H2,1-4H3,(H,29,31). The second-order valence-corrected chi connectivity index (χ2v) is 8.57. The van der Waals surface area contributed by atoms with Crippen LogP contribution in [-0.4, -0.2) is 45.2 Å². The smallest absolute Gasteiger partial charge is 0.251 e. The summed E-state index contributed by atoms with van der Waals surface area (Å²) in [5.41, 5.74) is 5.49. The second kappa shape index (κ2) is 10.6. The minimum atomic E-state index is -0.106. The fraction of sp³-hybridized carbons (Fsp3) is 0.321. The van der Waals surface area contributed by atoms with Gasteiger partial charge in [-0.05, 0) is 66.4 Å². The molecule has 0 bridgehead atoms. The number of nitrogens with one attached hydrogen (secondary N) is 1. The summed E-state index contributed by atoms with van der Waals surface area (Å²) in [4.78, 5) is 15.3. The second-order valence-electron chi connectivity index (χ2n) is 8.57. The van der Waals surface area contributed by atoms with Crippen LogP contribution in [0.3, 0.4) is 0 Å². The third kappa shape index (κ3) is 5.18. The zero-order chi connectivity index (χ0) is 24.1. The summed E-state index contributed by atoms with van der Waals surface area (Å²) in [6, 6.07) is 19.9. The van der Waals surface area contributed by atoms with Gasteiger partial charge < -0.3 is 19.5 Å². The molecule has 0 radical (unpaired) electrons. The van der Waals surface area contributed by atoms with E-state index in [1.54, 1.807) is 45.6 Å². The molecule has 34 heavy (non-hydrogen) atoms. The molecule has 1 atom stereocenters. The molecule has 0 saturated carbocycles. The summed E-state index contributed by atoms with van der Waals surface area (Å²) in [6.07, 6.45) is 0.907. The Balaban J connectivity index is 1.61. The minimum Gasteiger partial charge on any atom is -0.497 e. The molecule has 1 unspecified atom stereocenters. The highest BCUT2D eigenvalue weighted by Gasteiger charge is 2.29. The Morgan fingerprint density at radius 1 is 0.971 bits per heavy atom. The predicted molar refractivity (Wildman–Crippen MR) is 133 cm³/mol. The number of aryl methyl sites for hydroxylation is 1. The van der Waals surface area contributed by atoms with Crippen molar-refractivity contribution in [2.45, 2.75) is 25.9 Å². The van der Waals surface area contributed by atoms with E-state index >= 15 is 0 Å². The Morgan fingerprint density at radius 2 is 1.71 bits per heavy atom. The van der Waals surface area contributed by atoms with Crippen LogP contribution in [0.1, 0.15) is 38.7 Å². The molecule has 178 valence electrons. The van der Waals surface area contributed by atoms with E-state index in [9.17, 15) is 4.79 Å². The van der Waals surface area contributed by atoms with Crippen molar-refractivity contribution in [3.8, 4) is 17.2 Å². The van der Waals surface area contributed by atoms with Gasteiger partial charge in [0.2, 0.25) is 0 Å². The maximum atomic E-state index is 12.9. The highest BCUT2D eigenvalue weighted by Crippen LogP contribution is 2.38. The number of rotatable bonds is 8. The van der Waals surface area contributed by atoms with Gasteiger partial charge in [-0.1, -0.05) is 29.8 Å². The van der Waals surface area contributed by atoms with Crippen molar-refractivity contribution in [1.82, 2.24) is 10.2 Å². The molecule has 3 aromatic carbocycles. The van der Waals surface area contributed by atoms with Crippen molar-refractivity contribution < 1.29 is 19.0 Å². The van der Waals surface area contributed by atoms with Gasteiger partial charge in [-0.15, -0.1) is 0 Å². The zero-order valence-corrected chi connectivity index (χ0v) is 20.3. The molecule has 1 N–H and O–H groups in total.